The van der Waals surface area contributed by atoms with Crippen LogP contribution in [0.2, 0.25) is 0 Å². The fourth-order valence-corrected chi connectivity index (χ4v) is 1.93. The van der Waals surface area contributed by atoms with Crippen molar-refractivity contribution in [3.63, 3.8) is 0 Å². The van der Waals surface area contributed by atoms with Crippen LogP contribution >= 0.6 is 0 Å². The van der Waals surface area contributed by atoms with Crippen molar-refractivity contribution in [2.45, 2.75) is 43.9 Å². The van der Waals surface area contributed by atoms with Crippen LogP contribution in [0.15, 0.2) is 24.3 Å². The van der Waals surface area contributed by atoms with Gasteiger partial charge in [0.1, 0.15) is 6.10 Å². The first-order valence-corrected chi connectivity index (χ1v) is 6.54. The second-order valence-electron chi connectivity index (χ2n) is 5.47. The van der Waals surface area contributed by atoms with E-state index >= 15 is 0 Å². The molecule has 1 aromatic rings. The maximum atomic E-state index is 14.0. The van der Waals surface area contributed by atoms with E-state index in [1.165, 1.54) is 13.8 Å². The van der Waals surface area contributed by atoms with E-state index in [1.807, 2.05) is 0 Å². The molecule has 0 spiro atoms. The summed E-state index contributed by atoms with van der Waals surface area (Å²) >= 11 is 0. The highest BCUT2D eigenvalue weighted by molar-refractivity contribution is 5.35. The fourth-order valence-electron chi connectivity index (χ4n) is 1.93. The van der Waals surface area contributed by atoms with E-state index in [0.29, 0.717) is 6.07 Å². The lowest BCUT2D eigenvalue weighted by Gasteiger charge is -2.35. The lowest BCUT2D eigenvalue weighted by molar-refractivity contribution is -0.399. The minimum absolute atomic E-state index is 0.239. The molecule has 1 radical (unpaired) electrons. The maximum absolute atomic E-state index is 14.0. The van der Waals surface area contributed by atoms with Crippen molar-refractivity contribution in [3.8, 4) is 0 Å². The number of hydrogen-bond acceptors (Lipinski definition) is 0. The van der Waals surface area contributed by atoms with Crippen molar-refractivity contribution in [1.82, 2.24) is 0 Å². The number of rotatable bonds is 5. The molecule has 0 aliphatic carbocycles. The van der Waals surface area contributed by atoms with Crippen LogP contribution in [0.3, 0.4) is 0 Å². The van der Waals surface area contributed by atoms with Crippen LogP contribution in [-0.2, 0) is 11.0 Å². The third-order valence-electron chi connectivity index (χ3n) is 3.36. The van der Waals surface area contributed by atoms with Gasteiger partial charge in [-0.3, -0.25) is 0 Å². The number of benzene rings is 1. The quantitative estimate of drug-likeness (QED) is 0.592. The first-order chi connectivity index (χ1) is 10.6. The van der Waals surface area contributed by atoms with Crippen LogP contribution < -0.4 is 0 Å². The number of hydrogen-bond donors (Lipinski definition) is 0. The van der Waals surface area contributed by atoms with Crippen LogP contribution in [0.4, 0.5) is 39.5 Å². The molecule has 0 saturated heterocycles. The van der Waals surface area contributed by atoms with Gasteiger partial charge >= 0.3 is 23.9 Å². The van der Waals surface area contributed by atoms with Crippen LogP contribution in [-0.4, -0.2) is 18.0 Å². The average molecular weight is 367 g/mol. The molecular formula is C14H12F9O. The molecule has 0 amide bonds. The summed E-state index contributed by atoms with van der Waals surface area (Å²) in [6, 6.07) is 2.69. The smallest absolute Gasteiger partial charge is 0.228 e. The van der Waals surface area contributed by atoms with Crippen LogP contribution in [0.5, 0.6) is 0 Å². The second kappa shape index (κ2) is 6.12. The summed E-state index contributed by atoms with van der Waals surface area (Å²) in [7, 11) is 0. The Labute approximate surface area is 131 Å². The molecule has 10 heteroatoms. The molecule has 1 unspecified atom stereocenters. The van der Waals surface area contributed by atoms with Gasteiger partial charge in [-0.05, 0) is 11.5 Å². The summed E-state index contributed by atoms with van der Waals surface area (Å²) in [6.07, 6.45) is -8.91. The molecule has 0 fully saturated rings. The number of halogens is 9. The number of alkyl halides is 9. The van der Waals surface area contributed by atoms with Gasteiger partial charge in [0.25, 0.3) is 0 Å². The molecule has 1 nitrogen and oxygen atoms in total. The minimum Gasteiger partial charge on any atom is -0.228 e. The SMILES string of the molecule is CC(C)C([O])c1ccccc1C(F)(F)C(F)(F)C(F)(F)C(F)(F)F. The van der Waals surface area contributed by atoms with Gasteiger partial charge in [-0.1, -0.05) is 38.1 Å². The highest BCUT2D eigenvalue weighted by Crippen LogP contribution is 2.57. The van der Waals surface area contributed by atoms with E-state index in [1.54, 1.807) is 0 Å². The van der Waals surface area contributed by atoms with Crippen molar-refractivity contribution in [3.05, 3.63) is 35.4 Å². The summed E-state index contributed by atoms with van der Waals surface area (Å²) < 4.78 is 117. The van der Waals surface area contributed by atoms with Gasteiger partial charge < -0.3 is 0 Å². The van der Waals surface area contributed by atoms with Crippen LogP contribution in [0.1, 0.15) is 31.1 Å². The Kier molecular flexibility index (Phi) is 5.25. The Balaban J connectivity index is 3.56. The summed E-state index contributed by atoms with van der Waals surface area (Å²) in [5.41, 5.74) is -2.82. The monoisotopic (exact) mass is 367 g/mol. The van der Waals surface area contributed by atoms with Gasteiger partial charge in [0.05, 0.1) is 0 Å². The molecule has 0 N–H and O–H groups in total. The molecule has 1 atom stereocenters. The van der Waals surface area contributed by atoms with Crippen LogP contribution in [0, 0.1) is 5.92 Å². The first-order valence-electron chi connectivity index (χ1n) is 6.54. The lowest BCUT2D eigenvalue weighted by Crippen LogP contribution is -2.59. The molecule has 137 valence electrons. The summed E-state index contributed by atoms with van der Waals surface area (Å²) in [5.74, 6) is -20.6. The van der Waals surface area contributed by atoms with Crippen molar-refractivity contribution in [2.24, 2.45) is 5.92 Å². The third kappa shape index (κ3) is 3.07. The van der Waals surface area contributed by atoms with Crippen molar-refractivity contribution in [1.29, 1.82) is 0 Å². The predicted molar refractivity (Wildman–Crippen MR) is 64.6 cm³/mol. The largest absolute Gasteiger partial charge is 0.460 e. The zero-order valence-electron chi connectivity index (χ0n) is 12.3. The molecule has 0 aliphatic heterocycles. The van der Waals surface area contributed by atoms with E-state index in [0.717, 1.165) is 12.1 Å². The summed E-state index contributed by atoms with van der Waals surface area (Å²) in [6.45, 7) is 2.52. The third-order valence-corrected chi connectivity index (χ3v) is 3.36. The van der Waals surface area contributed by atoms with Crippen molar-refractivity contribution < 1.29 is 44.6 Å². The van der Waals surface area contributed by atoms with E-state index < -0.39 is 47.1 Å². The normalized spacial score (nSPS) is 15.7. The molecule has 0 saturated carbocycles. The molecular weight excluding hydrogens is 355 g/mol. The Morgan fingerprint density at radius 3 is 1.67 bits per heavy atom. The molecule has 1 rings (SSSR count). The highest BCUT2D eigenvalue weighted by Gasteiger charge is 2.82. The highest BCUT2D eigenvalue weighted by atomic mass is 19.4. The summed E-state index contributed by atoms with van der Waals surface area (Å²) in [4.78, 5) is 0. The topological polar surface area (TPSA) is 19.9 Å². The van der Waals surface area contributed by atoms with E-state index in [2.05, 4.69) is 0 Å². The Morgan fingerprint density at radius 1 is 0.792 bits per heavy atom. The minimum atomic E-state index is -6.99. The van der Waals surface area contributed by atoms with Crippen molar-refractivity contribution >= 4 is 0 Å². The second-order valence-corrected chi connectivity index (χ2v) is 5.47. The standard InChI is InChI=1S/C14H12F9O/c1-7(2)10(24)8-5-3-4-6-9(8)11(15,16)12(17,18)13(19,20)14(21,22)23/h3-7,10H,1-2H3. The Morgan fingerprint density at radius 2 is 1.25 bits per heavy atom. The van der Waals surface area contributed by atoms with Crippen LogP contribution in [0.25, 0.3) is 0 Å². The zero-order valence-corrected chi connectivity index (χ0v) is 12.3. The van der Waals surface area contributed by atoms with E-state index in [9.17, 15) is 44.6 Å². The van der Waals surface area contributed by atoms with Crippen molar-refractivity contribution in [2.75, 3.05) is 0 Å². The Bertz CT molecular complexity index is 578. The molecule has 0 aromatic heterocycles. The molecule has 24 heavy (non-hydrogen) atoms. The van der Waals surface area contributed by atoms with Gasteiger partial charge in [-0.2, -0.15) is 39.5 Å². The van der Waals surface area contributed by atoms with Gasteiger partial charge in [0.15, 0.2) is 0 Å². The molecule has 1 aromatic carbocycles. The van der Waals surface area contributed by atoms with E-state index in [-0.39, 0.29) is 6.07 Å². The fraction of sp³-hybridized carbons (Fsp3) is 0.571. The lowest BCUT2D eigenvalue weighted by atomic mass is 9.88. The zero-order chi connectivity index (χ0) is 19.1. The Hall–Kier alpha value is -1.45. The average Bonchev–Trinajstić information content (AvgIpc) is 2.44. The molecule has 0 aliphatic rings. The maximum Gasteiger partial charge on any atom is 0.460 e. The first kappa shape index (κ1) is 20.6. The van der Waals surface area contributed by atoms with Gasteiger partial charge in [-0.15, -0.1) is 0 Å². The summed E-state index contributed by atoms with van der Waals surface area (Å²) in [5, 5.41) is 11.9. The predicted octanol–water partition coefficient (Wildman–Crippen LogP) is 5.74. The van der Waals surface area contributed by atoms with E-state index in [4.69, 9.17) is 0 Å². The molecule has 0 heterocycles. The van der Waals surface area contributed by atoms with Gasteiger partial charge in [0, 0.05) is 5.56 Å². The molecule has 0 bridgehead atoms. The van der Waals surface area contributed by atoms with Gasteiger partial charge in [0.2, 0.25) is 0 Å². The van der Waals surface area contributed by atoms with Gasteiger partial charge in [-0.25, -0.2) is 5.11 Å².